The minimum Gasteiger partial charge on any atom is -0.468 e. The molecule has 0 spiro atoms. The molecule has 1 aliphatic heterocycles. The van der Waals surface area contributed by atoms with Gasteiger partial charge in [0, 0.05) is 12.6 Å². The van der Waals surface area contributed by atoms with Gasteiger partial charge < -0.3 is 18.8 Å². The Morgan fingerprint density at radius 3 is 2.25 bits per heavy atom. The summed E-state index contributed by atoms with van der Waals surface area (Å²) in [6.07, 6.45) is 0. The van der Waals surface area contributed by atoms with Crippen molar-refractivity contribution in [2.45, 2.75) is 45.8 Å². The molecule has 110 valence electrons. The summed E-state index contributed by atoms with van der Waals surface area (Å²) in [6, 6.07) is 5.96. The zero-order valence-electron chi connectivity index (χ0n) is 13.1. The molecule has 0 N–H and O–H groups in total. The summed E-state index contributed by atoms with van der Waals surface area (Å²) in [6.45, 7) is 10.4. The molecular formula is C15H23BO4. The SMILES string of the molecule is COCOc1ccc(C)cc1B1OC(C)(C)C(C)(C)O1. The minimum atomic E-state index is -0.424. The first-order chi connectivity index (χ1) is 9.27. The summed E-state index contributed by atoms with van der Waals surface area (Å²) in [4.78, 5) is 0. The maximum absolute atomic E-state index is 6.08. The molecule has 0 bridgehead atoms. The Morgan fingerprint density at radius 1 is 1.10 bits per heavy atom. The topological polar surface area (TPSA) is 36.9 Å². The summed E-state index contributed by atoms with van der Waals surface area (Å²) in [5, 5.41) is 0. The van der Waals surface area contributed by atoms with Gasteiger partial charge in [0.25, 0.3) is 0 Å². The van der Waals surface area contributed by atoms with E-state index in [9.17, 15) is 0 Å². The lowest BCUT2D eigenvalue weighted by Crippen LogP contribution is -2.41. The van der Waals surface area contributed by atoms with Crippen molar-refractivity contribution in [3.8, 4) is 5.75 Å². The van der Waals surface area contributed by atoms with Crippen molar-refractivity contribution >= 4 is 12.6 Å². The predicted octanol–water partition coefficient (Wildman–Crippen LogP) is 2.28. The van der Waals surface area contributed by atoms with Crippen LogP contribution in [-0.2, 0) is 14.0 Å². The van der Waals surface area contributed by atoms with E-state index in [-0.39, 0.29) is 18.0 Å². The molecule has 0 saturated carbocycles. The first-order valence-corrected chi connectivity index (χ1v) is 6.85. The number of aryl methyl sites for hydroxylation is 1. The van der Waals surface area contributed by atoms with Gasteiger partial charge in [0.15, 0.2) is 6.79 Å². The van der Waals surface area contributed by atoms with Gasteiger partial charge >= 0.3 is 7.12 Å². The first-order valence-electron chi connectivity index (χ1n) is 6.85. The van der Waals surface area contributed by atoms with E-state index >= 15 is 0 Å². The van der Waals surface area contributed by atoms with Crippen LogP contribution in [0.25, 0.3) is 0 Å². The largest absolute Gasteiger partial charge is 0.498 e. The van der Waals surface area contributed by atoms with E-state index in [0.717, 1.165) is 16.8 Å². The van der Waals surface area contributed by atoms with E-state index in [4.69, 9.17) is 18.8 Å². The van der Waals surface area contributed by atoms with Crippen molar-refractivity contribution in [3.63, 3.8) is 0 Å². The average Bonchev–Trinajstić information content (AvgIpc) is 2.57. The van der Waals surface area contributed by atoms with Gasteiger partial charge in [-0.25, -0.2) is 0 Å². The maximum Gasteiger partial charge on any atom is 0.498 e. The van der Waals surface area contributed by atoms with Crippen molar-refractivity contribution in [1.29, 1.82) is 0 Å². The molecule has 2 rings (SSSR count). The molecular weight excluding hydrogens is 255 g/mol. The molecule has 1 aromatic rings. The van der Waals surface area contributed by atoms with Gasteiger partial charge in [0.2, 0.25) is 0 Å². The Labute approximate surface area is 121 Å². The van der Waals surface area contributed by atoms with Crippen LogP contribution >= 0.6 is 0 Å². The van der Waals surface area contributed by atoms with E-state index in [1.165, 1.54) is 0 Å². The lowest BCUT2D eigenvalue weighted by Gasteiger charge is -2.32. The first kappa shape index (κ1) is 15.4. The Kier molecular flexibility index (Phi) is 4.14. The van der Waals surface area contributed by atoms with Crippen LogP contribution < -0.4 is 10.2 Å². The number of methoxy groups -OCH3 is 1. The number of ether oxygens (including phenoxy) is 2. The summed E-state index contributed by atoms with van der Waals surface area (Å²) >= 11 is 0. The third-order valence-corrected chi connectivity index (χ3v) is 4.00. The average molecular weight is 278 g/mol. The molecule has 1 heterocycles. The second kappa shape index (κ2) is 5.39. The monoisotopic (exact) mass is 278 g/mol. The number of hydrogen-bond acceptors (Lipinski definition) is 4. The van der Waals surface area contributed by atoms with Gasteiger partial charge in [-0.3, -0.25) is 0 Å². The maximum atomic E-state index is 6.08. The van der Waals surface area contributed by atoms with Crippen LogP contribution in [-0.4, -0.2) is 32.2 Å². The smallest absolute Gasteiger partial charge is 0.468 e. The zero-order valence-corrected chi connectivity index (χ0v) is 13.1. The van der Waals surface area contributed by atoms with Crippen LogP contribution in [0.5, 0.6) is 5.75 Å². The van der Waals surface area contributed by atoms with Crippen LogP contribution in [0.2, 0.25) is 0 Å². The van der Waals surface area contributed by atoms with Gasteiger partial charge in [0.05, 0.1) is 11.2 Å². The van der Waals surface area contributed by atoms with Crippen LogP contribution in [0.3, 0.4) is 0 Å². The van der Waals surface area contributed by atoms with Crippen molar-refractivity contribution < 1.29 is 18.8 Å². The number of benzene rings is 1. The van der Waals surface area contributed by atoms with Crippen LogP contribution in [0, 0.1) is 6.92 Å². The minimum absolute atomic E-state index is 0.204. The molecule has 0 radical (unpaired) electrons. The van der Waals surface area contributed by atoms with E-state index in [2.05, 4.69) is 0 Å². The fraction of sp³-hybridized carbons (Fsp3) is 0.600. The highest BCUT2D eigenvalue weighted by atomic mass is 16.7. The van der Waals surface area contributed by atoms with Crippen molar-refractivity contribution in [2.75, 3.05) is 13.9 Å². The second-order valence-corrected chi connectivity index (χ2v) is 6.18. The highest BCUT2D eigenvalue weighted by Crippen LogP contribution is 2.37. The Balaban J connectivity index is 2.31. The highest BCUT2D eigenvalue weighted by molar-refractivity contribution is 6.63. The quantitative estimate of drug-likeness (QED) is 0.625. The molecule has 0 amide bonds. The molecule has 20 heavy (non-hydrogen) atoms. The molecule has 1 fully saturated rings. The normalized spacial score (nSPS) is 20.2. The summed E-state index contributed by atoms with van der Waals surface area (Å²) in [5.41, 5.74) is 1.32. The molecule has 0 aliphatic carbocycles. The van der Waals surface area contributed by atoms with Crippen molar-refractivity contribution in [1.82, 2.24) is 0 Å². The van der Waals surface area contributed by atoms with Crippen LogP contribution in [0.1, 0.15) is 33.3 Å². The molecule has 0 unspecified atom stereocenters. The van der Waals surface area contributed by atoms with Gasteiger partial charge in [-0.15, -0.1) is 0 Å². The van der Waals surface area contributed by atoms with E-state index in [0.29, 0.717) is 0 Å². The summed E-state index contributed by atoms with van der Waals surface area (Å²) in [5.74, 6) is 0.732. The van der Waals surface area contributed by atoms with Gasteiger partial charge in [-0.1, -0.05) is 17.7 Å². The van der Waals surface area contributed by atoms with Gasteiger partial charge in [0.1, 0.15) is 5.75 Å². The fourth-order valence-corrected chi connectivity index (χ4v) is 2.08. The molecule has 1 aromatic carbocycles. The molecule has 1 saturated heterocycles. The van der Waals surface area contributed by atoms with E-state index in [1.807, 2.05) is 52.8 Å². The van der Waals surface area contributed by atoms with Crippen LogP contribution in [0.4, 0.5) is 0 Å². The fourth-order valence-electron chi connectivity index (χ4n) is 2.08. The van der Waals surface area contributed by atoms with Crippen LogP contribution in [0.15, 0.2) is 18.2 Å². The van der Waals surface area contributed by atoms with Crippen molar-refractivity contribution in [3.05, 3.63) is 23.8 Å². The van der Waals surface area contributed by atoms with E-state index in [1.54, 1.807) is 7.11 Å². The molecule has 5 heteroatoms. The Bertz CT molecular complexity index is 469. The molecule has 0 aromatic heterocycles. The molecule has 4 nitrogen and oxygen atoms in total. The zero-order chi connectivity index (χ0) is 15.0. The third kappa shape index (κ3) is 2.85. The Hall–Kier alpha value is -1.04. The molecule has 1 aliphatic rings. The van der Waals surface area contributed by atoms with E-state index < -0.39 is 7.12 Å². The standard InChI is InChI=1S/C15H23BO4/c1-11-7-8-13(18-10-17-6)12(9-11)16-19-14(2,3)15(4,5)20-16/h7-9H,10H2,1-6H3. The lowest BCUT2D eigenvalue weighted by atomic mass is 9.77. The second-order valence-electron chi connectivity index (χ2n) is 6.18. The lowest BCUT2D eigenvalue weighted by molar-refractivity contribution is 0.00578. The molecule has 0 atom stereocenters. The van der Waals surface area contributed by atoms with Gasteiger partial charge in [-0.2, -0.15) is 0 Å². The number of rotatable bonds is 4. The third-order valence-electron chi connectivity index (χ3n) is 4.00. The number of hydrogen-bond donors (Lipinski definition) is 0. The highest BCUT2D eigenvalue weighted by Gasteiger charge is 2.52. The summed E-state index contributed by atoms with van der Waals surface area (Å²) in [7, 11) is 1.18. The van der Waals surface area contributed by atoms with Gasteiger partial charge in [-0.05, 0) is 40.7 Å². The summed E-state index contributed by atoms with van der Waals surface area (Å²) < 4.78 is 22.7. The predicted molar refractivity (Wildman–Crippen MR) is 79.4 cm³/mol. The van der Waals surface area contributed by atoms with Crippen molar-refractivity contribution in [2.24, 2.45) is 0 Å². The Morgan fingerprint density at radius 2 is 1.70 bits per heavy atom.